The Balaban J connectivity index is 1.97. The molecule has 1 fully saturated rings. The second kappa shape index (κ2) is 6.87. The quantitative estimate of drug-likeness (QED) is 0.747. The molecular formula is C13H21N3O3S2. The van der Waals surface area contributed by atoms with Crippen LogP contribution in [0.3, 0.4) is 0 Å². The summed E-state index contributed by atoms with van der Waals surface area (Å²) in [5.41, 5.74) is 5.82. The molecule has 0 aliphatic heterocycles. The van der Waals surface area contributed by atoms with Crippen molar-refractivity contribution in [3.8, 4) is 0 Å². The molecule has 1 aromatic heterocycles. The van der Waals surface area contributed by atoms with Gasteiger partial charge in [-0.3, -0.25) is 4.79 Å². The molecule has 0 radical (unpaired) electrons. The molecule has 2 rings (SSSR count). The molecule has 0 bridgehead atoms. The summed E-state index contributed by atoms with van der Waals surface area (Å²) < 4.78 is 27.7. The topological polar surface area (TPSA) is 101 Å². The molecule has 1 heterocycles. The van der Waals surface area contributed by atoms with Gasteiger partial charge in [0.05, 0.1) is 6.54 Å². The van der Waals surface area contributed by atoms with E-state index in [1.807, 2.05) is 0 Å². The average molecular weight is 331 g/mol. The lowest BCUT2D eigenvalue weighted by Crippen LogP contribution is -2.40. The maximum atomic E-state index is 12.3. The van der Waals surface area contributed by atoms with Crippen molar-refractivity contribution in [2.45, 2.75) is 55.4 Å². The Kier molecular flexibility index (Phi) is 5.37. The maximum absolute atomic E-state index is 12.3. The molecule has 4 N–H and O–H groups in total. The minimum Gasteiger partial charge on any atom is -0.351 e. The zero-order valence-corrected chi connectivity index (χ0v) is 13.6. The molecule has 0 spiro atoms. The van der Waals surface area contributed by atoms with Crippen LogP contribution in [0.15, 0.2) is 16.3 Å². The molecule has 0 unspecified atom stereocenters. The van der Waals surface area contributed by atoms with Crippen LogP contribution >= 0.6 is 11.3 Å². The average Bonchev–Trinajstić information content (AvgIpc) is 2.88. The predicted molar refractivity (Wildman–Crippen MR) is 82.4 cm³/mol. The van der Waals surface area contributed by atoms with Crippen molar-refractivity contribution < 1.29 is 13.2 Å². The number of thiophene rings is 1. The molecule has 1 aliphatic rings. The van der Waals surface area contributed by atoms with E-state index in [1.54, 1.807) is 12.1 Å². The van der Waals surface area contributed by atoms with Crippen LogP contribution in [0.1, 0.15) is 37.5 Å². The predicted octanol–water partition coefficient (Wildman–Crippen LogP) is 0.932. The highest BCUT2D eigenvalue weighted by Crippen LogP contribution is 2.24. The van der Waals surface area contributed by atoms with Gasteiger partial charge in [-0.25, -0.2) is 13.1 Å². The molecule has 1 amide bonds. The lowest BCUT2D eigenvalue weighted by Gasteiger charge is -2.26. The number of nitrogens with two attached hydrogens (primary N) is 1. The summed E-state index contributed by atoms with van der Waals surface area (Å²) >= 11 is 1.18. The molecule has 1 saturated carbocycles. The summed E-state index contributed by atoms with van der Waals surface area (Å²) in [5.74, 6) is -0.135. The summed E-state index contributed by atoms with van der Waals surface area (Å²) in [7, 11) is -3.48. The summed E-state index contributed by atoms with van der Waals surface area (Å²) in [6, 6.07) is 3.47. The van der Waals surface area contributed by atoms with E-state index in [2.05, 4.69) is 10.0 Å². The standard InChI is InChI=1S/C13H21N3O3S2/c1-9(17)15-8-12-6-7-13(20-12)21(18,19)16-11-4-2-10(14)3-5-11/h6-7,10-11,16H,2-5,8,14H2,1H3,(H,15,17). The van der Waals surface area contributed by atoms with Gasteiger partial charge in [-0.2, -0.15) is 0 Å². The van der Waals surface area contributed by atoms with Crippen LogP contribution in [0.4, 0.5) is 0 Å². The normalized spacial score (nSPS) is 23.0. The van der Waals surface area contributed by atoms with Crippen molar-refractivity contribution >= 4 is 27.3 Å². The Hall–Kier alpha value is -0.960. The van der Waals surface area contributed by atoms with Crippen molar-refractivity contribution in [2.75, 3.05) is 0 Å². The van der Waals surface area contributed by atoms with Gasteiger partial charge in [0.1, 0.15) is 4.21 Å². The van der Waals surface area contributed by atoms with Gasteiger partial charge in [0.15, 0.2) is 0 Å². The van der Waals surface area contributed by atoms with E-state index in [9.17, 15) is 13.2 Å². The largest absolute Gasteiger partial charge is 0.351 e. The monoisotopic (exact) mass is 331 g/mol. The number of amides is 1. The fraction of sp³-hybridized carbons (Fsp3) is 0.615. The van der Waals surface area contributed by atoms with Gasteiger partial charge in [-0.1, -0.05) is 0 Å². The summed E-state index contributed by atoms with van der Waals surface area (Å²) in [4.78, 5) is 11.7. The first-order valence-electron chi connectivity index (χ1n) is 6.98. The van der Waals surface area contributed by atoms with Crippen LogP contribution in [0, 0.1) is 0 Å². The molecule has 118 valence electrons. The molecule has 0 atom stereocenters. The zero-order valence-electron chi connectivity index (χ0n) is 12.0. The fourth-order valence-corrected chi connectivity index (χ4v) is 4.94. The molecule has 1 aliphatic carbocycles. The highest BCUT2D eigenvalue weighted by molar-refractivity contribution is 7.91. The second-order valence-corrected chi connectivity index (χ2v) is 8.47. The van der Waals surface area contributed by atoms with Crippen molar-refractivity contribution in [1.29, 1.82) is 0 Å². The highest BCUT2D eigenvalue weighted by Gasteiger charge is 2.25. The number of sulfonamides is 1. The zero-order chi connectivity index (χ0) is 15.5. The van der Waals surface area contributed by atoms with E-state index in [0.29, 0.717) is 6.54 Å². The van der Waals surface area contributed by atoms with Crippen molar-refractivity contribution in [2.24, 2.45) is 5.73 Å². The molecule has 6 nitrogen and oxygen atoms in total. The van der Waals surface area contributed by atoms with E-state index in [0.717, 1.165) is 30.6 Å². The van der Waals surface area contributed by atoms with Crippen LogP contribution in [-0.4, -0.2) is 26.4 Å². The van der Waals surface area contributed by atoms with Gasteiger partial charge < -0.3 is 11.1 Å². The van der Waals surface area contributed by atoms with Crippen LogP contribution in [0.2, 0.25) is 0 Å². The lowest BCUT2D eigenvalue weighted by atomic mass is 9.93. The van der Waals surface area contributed by atoms with Crippen LogP contribution in [0.25, 0.3) is 0 Å². The minimum absolute atomic E-state index is 0.0318. The minimum atomic E-state index is -3.48. The van der Waals surface area contributed by atoms with Crippen LogP contribution in [-0.2, 0) is 21.4 Å². The molecule has 8 heteroatoms. The highest BCUT2D eigenvalue weighted by atomic mass is 32.2. The SMILES string of the molecule is CC(=O)NCc1ccc(S(=O)(=O)NC2CCC(N)CC2)s1. The first kappa shape index (κ1) is 16.4. The van der Waals surface area contributed by atoms with Gasteiger partial charge in [0.25, 0.3) is 0 Å². The smallest absolute Gasteiger partial charge is 0.250 e. The molecule has 21 heavy (non-hydrogen) atoms. The number of hydrogen-bond donors (Lipinski definition) is 3. The Bertz CT molecular complexity index is 590. The number of hydrogen-bond acceptors (Lipinski definition) is 5. The summed E-state index contributed by atoms with van der Waals surface area (Å²) in [6.45, 7) is 1.79. The van der Waals surface area contributed by atoms with Gasteiger partial charge in [-0.05, 0) is 37.8 Å². The van der Waals surface area contributed by atoms with Gasteiger partial charge in [0.2, 0.25) is 15.9 Å². The van der Waals surface area contributed by atoms with Crippen molar-refractivity contribution in [3.63, 3.8) is 0 Å². The van der Waals surface area contributed by atoms with Crippen molar-refractivity contribution in [1.82, 2.24) is 10.0 Å². The van der Waals surface area contributed by atoms with Crippen LogP contribution in [0.5, 0.6) is 0 Å². The molecule has 0 aromatic carbocycles. The van der Waals surface area contributed by atoms with Gasteiger partial charge >= 0.3 is 0 Å². The first-order valence-corrected chi connectivity index (χ1v) is 9.28. The summed E-state index contributed by atoms with van der Waals surface area (Å²) in [5, 5.41) is 2.66. The fourth-order valence-electron chi connectivity index (χ4n) is 2.32. The van der Waals surface area contributed by atoms with E-state index in [-0.39, 0.29) is 22.2 Å². The third-order valence-electron chi connectivity index (χ3n) is 3.51. The van der Waals surface area contributed by atoms with Crippen molar-refractivity contribution in [3.05, 3.63) is 17.0 Å². The van der Waals surface area contributed by atoms with E-state index in [4.69, 9.17) is 5.73 Å². The Morgan fingerprint density at radius 3 is 2.62 bits per heavy atom. The van der Waals surface area contributed by atoms with E-state index >= 15 is 0 Å². The van der Waals surface area contributed by atoms with E-state index < -0.39 is 10.0 Å². The molecule has 0 saturated heterocycles. The van der Waals surface area contributed by atoms with Crippen LogP contribution < -0.4 is 15.8 Å². The number of rotatable bonds is 5. The van der Waals surface area contributed by atoms with Gasteiger partial charge in [0, 0.05) is 23.9 Å². The first-order chi connectivity index (χ1) is 9.87. The third kappa shape index (κ3) is 4.77. The van der Waals surface area contributed by atoms with E-state index in [1.165, 1.54) is 18.3 Å². The Morgan fingerprint density at radius 2 is 2.00 bits per heavy atom. The third-order valence-corrected chi connectivity index (χ3v) is 6.60. The Morgan fingerprint density at radius 1 is 1.33 bits per heavy atom. The summed E-state index contributed by atoms with van der Waals surface area (Å²) in [6.07, 6.45) is 3.27. The molecule has 1 aromatic rings. The Labute approximate surface area is 129 Å². The van der Waals surface area contributed by atoms with Gasteiger partial charge in [-0.15, -0.1) is 11.3 Å². The lowest BCUT2D eigenvalue weighted by molar-refractivity contribution is -0.119. The number of carbonyl (C=O) groups is 1. The number of carbonyl (C=O) groups excluding carboxylic acids is 1. The molecular weight excluding hydrogens is 310 g/mol. The maximum Gasteiger partial charge on any atom is 0.250 e. The second-order valence-electron chi connectivity index (χ2n) is 5.36. The number of nitrogens with one attached hydrogen (secondary N) is 2.